The lowest BCUT2D eigenvalue weighted by Crippen LogP contribution is -2.26. The molecule has 0 unspecified atom stereocenters. The fraction of sp³-hybridized carbons (Fsp3) is 0.111. The predicted molar refractivity (Wildman–Crippen MR) is 54.1 cm³/mol. The molecule has 0 bridgehead atoms. The minimum Gasteiger partial charge on any atom is -0.479 e. The molecule has 0 fully saturated rings. The first kappa shape index (κ1) is 13.5. The van der Waals surface area contributed by atoms with Crippen LogP contribution in [0.1, 0.15) is 10.4 Å². The molecule has 0 aliphatic rings. The molecule has 0 heterocycles. The van der Waals surface area contributed by atoms with Gasteiger partial charge in [0.25, 0.3) is 5.91 Å². The number of carboxylic acids is 1. The van der Waals surface area contributed by atoms with E-state index in [0.29, 0.717) is 0 Å². The molecule has 0 spiro atoms. The molecule has 1 rings (SSSR count). The smallest absolute Gasteiger partial charge is 0.332 e. The molecule has 0 radical (unpaired) electrons. The second-order valence-electron chi connectivity index (χ2n) is 3.04. The minimum atomic E-state index is -1.31. The molecule has 1 aromatic rings. The number of amides is 1. The fourth-order valence-corrected chi connectivity index (χ4v) is 1.02. The lowest BCUT2D eigenvalue weighted by atomic mass is 10.2. The number of benzene rings is 1. The van der Waals surface area contributed by atoms with E-state index in [4.69, 9.17) is 5.11 Å². The van der Waals surface area contributed by atoms with Gasteiger partial charge in [0.2, 0.25) is 5.82 Å². The van der Waals surface area contributed by atoms with E-state index in [0.717, 1.165) is 18.2 Å². The van der Waals surface area contributed by atoms with E-state index in [1.165, 1.54) is 0 Å². The van der Waals surface area contributed by atoms with Gasteiger partial charge in [-0.25, -0.2) is 10.3 Å². The number of carboxylic acid groups (broad SMARTS) is 1. The maximum atomic E-state index is 13.0. The summed E-state index contributed by atoms with van der Waals surface area (Å²) in [5.41, 5.74) is 0.663. The first-order chi connectivity index (χ1) is 8.41. The second-order valence-corrected chi connectivity index (χ2v) is 3.04. The maximum absolute atomic E-state index is 13.0. The zero-order valence-electron chi connectivity index (χ0n) is 8.75. The number of halogens is 1. The zero-order chi connectivity index (χ0) is 13.7. The van der Waals surface area contributed by atoms with Crippen molar-refractivity contribution >= 4 is 17.6 Å². The summed E-state index contributed by atoms with van der Waals surface area (Å²) in [6, 6.07) is 2.47. The van der Waals surface area contributed by atoms with Crippen molar-refractivity contribution in [1.82, 2.24) is 5.48 Å². The summed E-state index contributed by atoms with van der Waals surface area (Å²) in [7, 11) is 0. The van der Waals surface area contributed by atoms with E-state index in [1.54, 1.807) is 5.48 Å². The van der Waals surface area contributed by atoms with Gasteiger partial charge >= 0.3 is 11.7 Å². The molecule has 0 aromatic heterocycles. The first-order valence-electron chi connectivity index (χ1n) is 4.49. The zero-order valence-corrected chi connectivity index (χ0v) is 8.75. The average molecular weight is 258 g/mol. The van der Waals surface area contributed by atoms with E-state index in [-0.39, 0.29) is 5.56 Å². The number of carbonyl (C=O) groups is 2. The number of nitrogens with zero attached hydrogens (tertiary/aromatic N) is 1. The van der Waals surface area contributed by atoms with Crippen LogP contribution in [-0.2, 0) is 9.63 Å². The van der Waals surface area contributed by atoms with Crippen molar-refractivity contribution in [3.8, 4) is 0 Å². The van der Waals surface area contributed by atoms with E-state index in [9.17, 15) is 24.1 Å². The van der Waals surface area contributed by atoms with Gasteiger partial charge in [0.1, 0.15) is 0 Å². The molecule has 0 atom stereocenters. The predicted octanol–water partition coefficient (Wildman–Crippen LogP) is 0.480. The van der Waals surface area contributed by atoms with Gasteiger partial charge in [-0.15, -0.1) is 0 Å². The van der Waals surface area contributed by atoms with E-state index in [1.807, 2.05) is 0 Å². The Labute approximate surface area is 99.1 Å². The molecule has 8 nitrogen and oxygen atoms in total. The summed E-state index contributed by atoms with van der Waals surface area (Å²) >= 11 is 0. The highest BCUT2D eigenvalue weighted by Crippen LogP contribution is 2.18. The van der Waals surface area contributed by atoms with Crippen LogP contribution >= 0.6 is 0 Å². The van der Waals surface area contributed by atoms with Gasteiger partial charge in [-0.3, -0.25) is 19.7 Å². The molecule has 2 N–H and O–H groups in total. The van der Waals surface area contributed by atoms with Crippen molar-refractivity contribution in [2.24, 2.45) is 0 Å². The number of hydrogen-bond donors (Lipinski definition) is 2. The molecule has 9 heteroatoms. The highest BCUT2D eigenvalue weighted by Gasteiger charge is 2.17. The largest absolute Gasteiger partial charge is 0.479 e. The Morgan fingerprint density at radius 3 is 2.72 bits per heavy atom. The summed E-state index contributed by atoms with van der Waals surface area (Å²) in [4.78, 5) is 35.2. The molecule has 96 valence electrons. The Balaban J connectivity index is 2.77. The number of nitrogens with one attached hydrogen (secondary N) is 1. The summed E-state index contributed by atoms with van der Waals surface area (Å²) in [6.07, 6.45) is 0. The summed E-state index contributed by atoms with van der Waals surface area (Å²) in [6.45, 7) is -0.769. The van der Waals surface area contributed by atoms with Crippen LogP contribution in [-0.4, -0.2) is 28.5 Å². The molecule has 0 saturated heterocycles. The van der Waals surface area contributed by atoms with Gasteiger partial charge in [0.05, 0.1) is 4.92 Å². The van der Waals surface area contributed by atoms with Gasteiger partial charge < -0.3 is 5.11 Å². The Hall–Kier alpha value is -2.55. The van der Waals surface area contributed by atoms with Crippen LogP contribution in [0.15, 0.2) is 18.2 Å². The highest BCUT2D eigenvalue weighted by atomic mass is 19.1. The Morgan fingerprint density at radius 2 is 2.17 bits per heavy atom. The fourth-order valence-electron chi connectivity index (χ4n) is 1.02. The van der Waals surface area contributed by atoms with Gasteiger partial charge in [-0.05, 0) is 12.1 Å². The van der Waals surface area contributed by atoms with Crippen molar-refractivity contribution in [2.45, 2.75) is 0 Å². The van der Waals surface area contributed by atoms with Gasteiger partial charge in [-0.2, -0.15) is 4.39 Å². The number of nitro groups is 1. The third-order valence-electron chi connectivity index (χ3n) is 1.77. The first-order valence-corrected chi connectivity index (χ1v) is 4.49. The summed E-state index contributed by atoms with van der Waals surface area (Å²) in [5, 5.41) is 18.7. The number of hydrogen-bond acceptors (Lipinski definition) is 5. The summed E-state index contributed by atoms with van der Waals surface area (Å²) in [5.74, 6) is -3.30. The third kappa shape index (κ3) is 3.49. The molecule has 0 saturated carbocycles. The van der Waals surface area contributed by atoms with Crippen LogP contribution in [0.2, 0.25) is 0 Å². The van der Waals surface area contributed by atoms with Crippen molar-refractivity contribution in [3.05, 3.63) is 39.7 Å². The molecule has 1 amide bonds. The van der Waals surface area contributed by atoms with Crippen LogP contribution in [0.5, 0.6) is 0 Å². The number of carbonyl (C=O) groups excluding carboxylic acids is 1. The van der Waals surface area contributed by atoms with Crippen LogP contribution in [0.3, 0.4) is 0 Å². The Morgan fingerprint density at radius 1 is 1.50 bits per heavy atom. The average Bonchev–Trinajstić information content (AvgIpc) is 2.28. The minimum absolute atomic E-state index is 0.228. The number of rotatable bonds is 5. The highest BCUT2D eigenvalue weighted by molar-refractivity contribution is 5.94. The number of hydroxylamine groups is 1. The van der Waals surface area contributed by atoms with Crippen LogP contribution < -0.4 is 5.48 Å². The molecule has 0 aliphatic heterocycles. The second kappa shape index (κ2) is 5.68. The topological polar surface area (TPSA) is 119 Å². The van der Waals surface area contributed by atoms with Gasteiger partial charge in [0.15, 0.2) is 6.61 Å². The lowest BCUT2D eigenvalue weighted by Gasteiger charge is -2.03. The SMILES string of the molecule is O=C(O)CONC(=O)c1ccc(F)c([N+](=O)[O-])c1. The molecular formula is C9H7FN2O6. The van der Waals surface area contributed by atoms with Crippen molar-refractivity contribution in [1.29, 1.82) is 0 Å². The quantitative estimate of drug-likeness (QED) is 0.585. The van der Waals surface area contributed by atoms with Crippen LogP contribution in [0.4, 0.5) is 10.1 Å². The van der Waals surface area contributed by atoms with Crippen molar-refractivity contribution in [3.63, 3.8) is 0 Å². The van der Waals surface area contributed by atoms with Crippen LogP contribution in [0.25, 0.3) is 0 Å². The molecule has 1 aromatic carbocycles. The van der Waals surface area contributed by atoms with Gasteiger partial charge in [-0.1, -0.05) is 0 Å². The number of aliphatic carboxylic acids is 1. The van der Waals surface area contributed by atoms with Gasteiger partial charge in [0, 0.05) is 11.6 Å². The third-order valence-corrected chi connectivity index (χ3v) is 1.77. The molecule has 0 aliphatic carbocycles. The normalized spacial score (nSPS) is 9.83. The summed E-state index contributed by atoms with van der Waals surface area (Å²) < 4.78 is 13.0. The van der Waals surface area contributed by atoms with E-state index >= 15 is 0 Å². The number of nitro benzene ring substituents is 1. The van der Waals surface area contributed by atoms with E-state index < -0.39 is 34.9 Å². The molecule has 18 heavy (non-hydrogen) atoms. The van der Waals surface area contributed by atoms with Crippen molar-refractivity contribution in [2.75, 3.05) is 6.61 Å². The standard InChI is InChI=1S/C9H7FN2O6/c10-6-2-1-5(3-7(6)12(16)17)9(15)11-18-4-8(13)14/h1-3H,4H2,(H,11,15)(H,13,14). The Kier molecular flexibility index (Phi) is 4.27. The molecular weight excluding hydrogens is 251 g/mol. The lowest BCUT2D eigenvalue weighted by molar-refractivity contribution is -0.387. The monoisotopic (exact) mass is 258 g/mol. The van der Waals surface area contributed by atoms with Crippen molar-refractivity contribution < 1.29 is 28.8 Å². The van der Waals surface area contributed by atoms with Crippen LogP contribution in [0, 0.1) is 15.9 Å². The Bertz CT molecular complexity index is 504. The van der Waals surface area contributed by atoms with E-state index in [2.05, 4.69) is 4.84 Å². The maximum Gasteiger partial charge on any atom is 0.332 e.